The van der Waals surface area contributed by atoms with E-state index >= 15 is 0 Å². The number of imidazole rings is 1. The molecule has 1 amide bonds. The predicted octanol–water partition coefficient (Wildman–Crippen LogP) is 3.90. The lowest BCUT2D eigenvalue weighted by Crippen LogP contribution is -2.25. The number of nitrogens with one attached hydrogen (secondary N) is 1. The molecule has 4 nitrogen and oxygen atoms in total. The van der Waals surface area contributed by atoms with Gasteiger partial charge in [-0.2, -0.15) is 0 Å². The summed E-state index contributed by atoms with van der Waals surface area (Å²) in [5.74, 6) is 1.15. The number of aryl methyl sites for hydroxylation is 2. The number of aromatic nitrogens is 2. The second-order valence-corrected chi connectivity index (χ2v) is 6.36. The van der Waals surface area contributed by atoms with Gasteiger partial charge in [-0.1, -0.05) is 48.5 Å². The van der Waals surface area contributed by atoms with Crippen LogP contribution in [-0.4, -0.2) is 22.0 Å². The number of para-hydroxylation sites is 2. The molecule has 3 rings (SSSR count). The summed E-state index contributed by atoms with van der Waals surface area (Å²) in [5.41, 5.74) is 3.34. The molecule has 3 aromatic rings. The maximum atomic E-state index is 12.0. The lowest BCUT2D eigenvalue weighted by atomic mass is 10.1. The first-order chi connectivity index (χ1) is 12.8. The number of carbonyl (C=O) groups is 1. The summed E-state index contributed by atoms with van der Waals surface area (Å²) in [4.78, 5) is 16.7. The van der Waals surface area contributed by atoms with E-state index in [-0.39, 0.29) is 5.91 Å². The van der Waals surface area contributed by atoms with Crippen LogP contribution in [0.4, 0.5) is 0 Å². The first-order valence-corrected chi connectivity index (χ1v) is 9.13. The molecule has 0 atom stereocenters. The topological polar surface area (TPSA) is 46.9 Å². The number of hydrogen-bond acceptors (Lipinski definition) is 2. The highest BCUT2D eigenvalue weighted by Gasteiger charge is 2.09. The Hall–Kier alpha value is -2.88. The SMILES string of the molecule is C=CCn1c(CCCNC(=O)CCc2ccccc2)nc2ccccc21. The minimum Gasteiger partial charge on any atom is -0.356 e. The largest absolute Gasteiger partial charge is 0.356 e. The molecule has 0 aliphatic carbocycles. The van der Waals surface area contributed by atoms with Crippen LogP contribution in [0.5, 0.6) is 0 Å². The Labute approximate surface area is 154 Å². The van der Waals surface area contributed by atoms with Crippen molar-refractivity contribution in [1.82, 2.24) is 14.9 Å². The van der Waals surface area contributed by atoms with Gasteiger partial charge in [0.15, 0.2) is 0 Å². The molecule has 1 N–H and O–H groups in total. The summed E-state index contributed by atoms with van der Waals surface area (Å²) >= 11 is 0. The number of fused-ring (bicyclic) bond motifs is 1. The molecule has 0 radical (unpaired) electrons. The van der Waals surface area contributed by atoms with Crippen molar-refractivity contribution in [1.29, 1.82) is 0 Å². The van der Waals surface area contributed by atoms with E-state index < -0.39 is 0 Å². The molecule has 1 aromatic heterocycles. The van der Waals surface area contributed by atoms with Crippen molar-refractivity contribution in [3.63, 3.8) is 0 Å². The van der Waals surface area contributed by atoms with Crippen molar-refractivity contribution in [3.8, 4) is 0 Å². The van der Waals surface area contributed by atoms with Gasteiger partial charge in [-0.15, -0.1) is 6.58 Å². The Bertz CT molecular complexity index is 867. The van der Waals surface area contributed by atoms with Crippen LogP contribution in [0.3, 0.4) is 0 Å². The van der Waals surface area contributed by atoms with Crippen LogP contribution in [0.2, 0.25) is 0 Å². The number of rotatable bonds is 9. The quantitative estimate of drug-likeness (QED) is 0.471. The molecular formula is C22H25N3O. The Morgan fingerprint density at radius 1 is 1.08 bits per heavy atom. The lowest BCUT2D eigenvalue weighted by Gasteiger charge is -2.08. The summed E-state index contributed by atoms with van der Waals surface area (Å²) in [6, 6.07) is 18.2. The number of allylic oxidation sites excluding steroid dienone is 1. The standard InChI is InChI=1S/C22H25N3O/c1-2-17-25-20-12-7-6-11-19(20)24-21(25)13-8-16-23-22(26)15-14-18-9-4-3-5-10-18/h2-7,9-12H,1,8,13-17H2,(H,23,26). The molecule has 0 aliphatic rings. The molecule has 26 heavy (non-hydrogen) atoms. The highest BCUT2D eigenvalue weighted by molar-refractivity contribution is 5.76. The zero-order valence-electron chi connectivity index (χ0n) is 15.0. The van der Waals surface area contributed by atoms with Crippen LogP contribution in [0.1, 0.15) is 24.2 Å². The van der Waals surface area contributed by atoms with Crippen molar-refractivity contribution in [2.75, 3.05) is 6.54 Å². The van der Waals surface area contributed by atoms with Gasteiger partial charge < -0.3 is 9.88 Å². The normalized spacial score (nSPS) is 10.8. The fraction of sp³-hybridized carbons (Fsp3) is 0.273. The van der Waals surface area contributed by atoms with E-state index in [1.165, 1.54) is 5.56 Å². The van der Waals surface area contributed by atoms with E-state index in [1.807, 2.05) is 42.5 Å². The van der Waals surface area contributed by atoms with E-state index in [4.69, 9.17) is 4.98 Å². The molecule has 0 fully saturated rings. The summed E-state index contributed by atoms with van der Waals surface area (Å²) in [6.45, 7) is 5.26. The average molecular weight is 347 g/mol. The third kappa shape index (κ3) is 4.60. The fourth-order valence-corrected chi connectivity index (χ4v) is 3.11. The molecule has 0 spiro atoms. The van der Waals surface area contributed by atoms with E-state index in [9.17, 15) is 4.79 Å². The van der Waals surface area contributed by atoms with Crippen molar-refractivity contribution in [2.24, 2.45) is 0 Å². The van der Waals surface area contributed by atoms with Crippen LogP contribution >= 0.6 is 0 Å². The van der Waals surface area contributed by atoms with Gasteiger partial charge in [-0.25, -0.2) is 4.98 Å². The van der Waals surface area contributed by atoms with E-state index in [0.29, 0.717) is 13.0 Å². The zero-order valence-corrected chi connectivity index (χ0v) is 15.0. The monoisotopic (exact) mass is 347 g/mol. The summed E-state index contributed by atoms with van der Waals surface area (Å²) in [6.07, 6.45) is 4.91. The second kappa shape index (κ2) is 8.99. The zero-order chi connectivity index (χ0) is 18.2. The summed E-state index contributed by atoms with van der Waals surface area (Å²) in [7, 11) is 0. The van der Waals surface area contributed by atoms with Gasteiger partial charge in [0.25, 0.3) is 0 Å². The molecule has 4 heteroatoms. The third-order valence-corrected chi connectivity index (χ3v) is 4.43. The first kappa shape index (κ1) is 17.9. The van der Waals surface area contributed by atoms with Crippen molar-refractivity contribution >= 4 is 16.9 Å². The van der Waals surface area contributed by atoms with Gasteiger partial charge in [0.2, 0.25) is 5.91 Å². The van der Waals surface area contributed by atoms with Gasteiger partial charge in [0.1, 0.15) is 5.82 Å². The first-order valence-electron chi connectivity index (χ1n) is 9.13. The minimum absolute atomic E-state index is 0.105. The second-order valence-electron chi connectivity index (χ2n) is 6.36. The average Bonchev–Trinajstić information content (AvgIpc) is 3.02. The molecule has 0 saturated heterocycles. The van der Waals surface area contributed by atoms with Gasteiger partial charge in [0, 0.05) is 25.9 Å². The van der Waals surface area contributed by atoms with E-state index in [2.05, 4.69) is 34.7 Å². The van der Waals surface area contributed by atoms with E-state index in [1.54, 1.807) is 0 Å². The minimum atomic E-state index is 0.105. The molecule has 0 unspecified atom stereocenters. The molecular weight excluding hydrogens is 322 g/mol. The third-order valence-electron chi connectivity index (χ3n) is 4.43. The number of hydrogen-bond donors (Lipinski definition) is 1. The molecule has 2 aromatic carbocycles. The smallest absolute Gasteiger partial charge is 0.220 e. The highest BCUT2D eigenvalue weighted by atomic mass is 16.1. The predicted molar refractivity (Wildman–Crippen MR) is 106 cm³/mol. The van der Waals surface area contributed by atoms with Crippen molar-refractivity contribution in [2.45, 2.75) is 32.2 Å². The maximum absolute atomic E-state index is 12.0. The lowest BCUT2D eigenvalue weighted by molar-refractivity contribution is -0.121. The van der Waals surface area contributed by atoms with E-state index in [0.717, 1.165) is 42.7 Å². The van der Waals surface area contributed by atoms with Crippen LogP contribution < -0.4 is 5.32 Å². The van der Waals surface area contributed by atoms with Crippen LogP contribution in [0.25, 0.3) is 11.0 Å². The highest BCUT2D eigenvalue weighted by Crippen LogP contribution is 2.17. The van der Waals surface area contributed by atoms with Gasteiger partial charge >= 0.3 is 0 Å². The number of nitrogens with zero attached hydrogens (tertiary/aromatic N) is 2. The number of amides is 1. The van der Waals surface area contributed by atoms with Crippen LogP contribution in [0.15, 0.2) is 67.3 Å². The Morgan fingerprint density at radius 2 is 1.85 bits per heavy atom. The Morgan fingerprint density at radius 3 is 2.65 bits per heavy atom. The fourth-order valence-electron chi connectivity index (χ4n) is 3.11. The Balaban J connectivity index is 1.47. The maximum Gasteiger partial charge on any atom is 0.220 e. The molecule has 134 valence electrons. The van der Waals surface area contributed by atoms with Crippen molar-refractivity contribution < 1.29 is 4.79 Å². The van der Waals surface area contributed by atoms with Gasteiger partial charge in [-0.3, -0.25) is 4.79 Å². The van der Waals surface area contributed by atoms with Gasteiger partial charge in [0.05, 0.1) is 11.0 Å². The molecule has 1 heterocycles. The molecule has 0 bridgehead atoms. The van der Waals surface area contributed by atoms with Crippen molar-refractivity contribution in [3.05, 3.63) is 78.6 Å². The summed E-state index contributed by atoms with van der Waals surface area (Å²) < 4.78 is 2.19. The van der Waals surface area contributed by atoms with Crippen LogP contribution in [-0.2, 0) is 24.2 Å². The molecule has 0 aliphatic heterocycles. The number of carbonyl (C=O) groups excluding carboxylic acids is 1. The molecule has 0 saturated carbocycles. The summed E-state index contributed by atoms with van der Waals surface area (Å²) in [5, 5.41) is 3.01. The van der Waals surface area contributed by atoms with Crippen LogP contribution in [0, 0.1) is 0 Å². The Kier molecular flexibility index (Phi) is 6.20. The number of benzene rings is 2. The van der Waals surface area contributed by atoms with Gasteiger partial charge in [-0.05, 0) is 30.5 Å².